The van der Waals surface area contributed by atoms with E-state index in [0.717, 1.165) is 30.1 Å². The van der Waals surface area contributed by atoms with Gasteiger partial charge in [0, 0.05) is 38.9 Å². The average Bonchev–Trinajstić information content (AvgIpc) is 3.11. The van der Waals surface area contributed by atoms with Crippen LogP contribution in [0.15, 0.2) is 47.5 Å². The minimum Gasteiger partial charge on any atom is -0.335 e. The zero-order chi connectivity index (χ0) is 26.3. The van der Waals surface area contributed by atoms with Gasteiger partial charge >= 0.3 is 11.5 Å². The summed E-state index contributed by atoms with van der Waals surface area (Å²) in [6.45, 7) is 2.32. The van der Waals surface area contributed by atoms with Crippen molar-refractivity contribution in [2.24, 2.45) is 0 Å². The van der Waals surface area contributed by atoms with Crippen LogP contribution in [-0.4, -0.2) is 91.2 Å². The first-order valence-corrected chi connectivity index (χ1v) is 12.3. The number of likely N-dealkylation sites (N-methyl/N-ethyl adjacent to an activating group) is 1. The molecule has 0 atom stereocenters. The summed E-state index contributed by atoms with van der Waals surface area (Å²) in [5, 5.41) is 0. The molecule has 14 heteroatoms. The molecule has 2 saturated heterocycles. The summed E-state index contributed by atoms with van der Waals surface area (Å²) in [5.41, 5.74) is -4.75. The van der Waals surface area contributed by atoms with Crippen LogP contribution >= 0.6 is 0 Å². The van der Waals surface area contributed by atoms with Crippen LogP contribution in [0.5, 0.6) is 0 Å². The predicted octanol–water partition coefficient (Wildman–Crippen LogP) is 1.73. The SMILES string of the molecule is CN1CCN(C(=O)c2cc(CN3CC(=O)N(c4ccc(S(=O)(=O)C(F)(F)F)cc4)C3=O)ccn2)CC1. The lowest BCUT2D eigenvalue weighted by Crippen LogP contribution is -2.47. The molecule has 3 heterocycles. The minimum atomic E-state index is -5.56. The molecule has 0 saturated carbocycles. The molecule has 0 spiro atoms. The van der Waals surface area contributed by atoms with E-state index in [1.54, 1.807) is 17.0 Å². The van der Waals surface area contributed by atoms with Crippen LogP contribution < -0.4 is 4.90 Å². The van der Waals surface area contributed by atoms with Crippen molar-refractivity contribution in [2.45, 2.75) is 16.9 Å². The molecule has 2 aliphatic heterocycles. The lowest BCUT2D eigenvalue weighted by Gasteiger charge is -2.32. The molecule has 36 heavy (non-hydrogen) atoms. The quantitative estimate of drug-likeness (QED) is 0.547. The fourth-order valence-corrected chi connectivity index (χ4v) is 4.68. The number of hydrogen-bond donors (Lipinski definition) is 0. The number of rotatable bonds is 5. The molecule has 10 nitrogen and oxygen atoms in total. The fraction of sp³-hybridized carbons (Fsp3) is 0.364. The molecule has 192 valence electrons. The van der Waals surface area contributed by atoms with Crippen molar-refractivity contribution in [3.63, 3.8) is 0 Å². The number of sulfone groups is 1. The highest BCUT2D eigenvalue weighted by atomic mass is 32.2. The van der Waals surface area contributed by atoms with E-state index in [1.807, 2.05) is 7.05 Å². The second-order valence-electron chi connectivity index (χ2n) is 8.46. The summed E-state index contributed by atoms with van der Waals surface area (Å²) in [6, 6.07) is 5.76. The van der Waals surface area contributed by atoms with E-state index >= 15 is 0 Å². The zero-order valence-corrected chi connectivity index (χ0v) is 19.9. The Morgan fingerprint density at radius 1 is 1.03 bits per heavy atom. The van der Waals surface area contributed by atoms with E-state index in [1.165, 1.54) is 11.1 Å². The molecule has 2 fully saturated rings. The molecule has 4 amide bonds. The second-order valence-corrected chi connectivity index (χ2v) is 10.4. The third kappa shape index (κ3) is 4.91. The smallest absolute Gasteiger partial charge is 0.335 e. The number of urea groups is 1. The summed E-state index contributed by atoms with van der Waals surface area (Å²) < 4.78 is 61.4. The summed E-state index contributed by atoms with van der Waals surface area (Å²) in [6.07, 6.45) is 1.44. The summed E-state index contributed by atoms with van der Waals surface area (Å²) in [7, 11) is -3.59. The van der Waals surface area contributed by atoms with E-state index < -0.39 is 32.2 Å². The summed E-state index contributed by atoms with van der Waals surface area (Å²) >= 11 is 0. The first-order valence-electron chi connectivity index (χ1n) is 10.8. The molecule has 0 aliphatic carbocycles. The van der Waals surface area contributed by atoms with Gasteiger partial charge in [0.2, 0.25) is 0 Å². The molecular weight excluding hydrogens is 503 g/mol. The number of piperazine rings is 1. The molecule has 0 N–H and O–H groups in total. The van der Waals surface area contributed by atoms with Crippen LogP contribution in [0.3, 0.4) is 0 Å². The van der Waals surface area contributed by atoms with E-state index in [0.29, 0.717) is 30.8 Å². The molecule has 0 radical (unpaired) electrons. The molecule has 0 bridgehead atoms. The van der Waals surface area contributed by atoms with Gasteiger partial charge in [-0.2, -0.15) is 13.2 Å². The highest BCUT2D eigenvalue weighted by molar-refractivity contribution is 7.92. The maximum Gasteiger partial charge on any atom is 0.501 e. The van der Waals surface area contributed by atoms with E-state index in [4.69, 9.17) is 0 Å². The van der Waals surface area contributed by atoms with Gasteiger partial charge in [-0.15, -0.1) is 0 Å². The molecular formula is C22H22F3N5O5S. The van der Waals surface area contributed by atoms with Crippen LogP contribution in [0.4, 0.5) is 23.7 Å². The number of carbonyl (C=O) groups is 3. The molecule has 0 unspecified atom stereocenters. The van der Waals surface area contributed by atoms with Crippen molar-refractivity contribution in [3.8, 4) is 0 Å². The van der Waals surface area contributed by atoms with Gasteiger partial charge in [0.1, 0.15) is 12.2 Å². The summed E-state index contributed by atoms with van der Waals surface area (Å²) in [5.74, 6) is -0.862. The van der Waals surface area contributed by atoms with Crippen LogP contribution in [-0.2, 0) is 21.2 Å². The number of anilines is 1. The number of alkyl halides is 3. The molecule has 1 aromatic carbocycles. The van der Waals surface area contributed by atoms with Crippen LogP contribution in [0.1, 0.15) is 16.1 Å². The Hall–Kier alpha value is -3.52. The number of halogens is 3. The van der Waals surface area contributed by atoms with Gasteiger partial charge in [-0.3, -0.25) is 14.6 Å². The van der Waals surface area contributed by atoms with Crippen molar-refractivity contribution < 1.29 is 36.0 Å². The van der Waals surface area contributed by atoms with Gasteiger partial charge in [0.15, 0.2) is 0 Å². The Labute approximate surface area is 204 Å². The number of carbonyl (C=O) groups excluding carboxylic acids is 3. The number of imide groups is 1. The highest BCUT2D eigenvalue weighted by Crippen LogP contribution is 2.32. The van der Waals surface area contributed by atoms with Crippen molar-refractivity contribution >= 4 is 33.4 Å². The number of nitrogens with zero attached hydrogens (tertiary/aromatic N) is 5. The molecule has 2 aliphatic rings. The molecule has 1 aromatic heterocycles. The van der Waals surface area contributed by atoms with Gasteiger partial charge < -0.3 is 14.7 Å². The van der Waals surface area contributed by atoms with Crippen molar-refractivity contribution in [1.82, 2.24) is 19.7 Å². The third-order valence-corrected chi connectivity index (χ3v) is 7.46. The monoisotopic (exact) mass is 525 g/mol. The zero-order valence-electron chi connectivity index (χ0n) is 19.1. The third-order valence-electron chi connectivity index (χ3n) is 5.95. The number of benzene rings is 1. The number of pyridine rings is 1. The predicted molar refractivity (Wildman–Crippen MR) is 121 cm³/mol. The average molecular weight is 526 g/mol. The topological polar surface area (TPSA) is 111 Å². The maximum absolute atomic E-state index is 12.9. The van der Waals surface area contributed by atoms with Crippen LogP contribution in [0, 0.1) is 0 Å². The number of hydrogen-bond acceptors (Lipinski definition) is 7. The number of aromatic nitrogens is 1. The van der Waals surface area contributed by atoms with E-state index in [2.05, 4.69) is 9.88 Å². The van der Waals surface area contributed by atoms with Crippen LogP contribution in [0.25, 0.3) is 0 Å². The van der Waals surface area contributed by atoms with Crippen molar-refractivity contribution in [2.75, 3.05) is 44.7 Å². The Kier molecular flexibility index (Phi) is 6.75. The Bertz CT molecular complexity index is 1290. The summed E-state index contributed by atoms with van der Waals surface area (Å²) in [4.78, 5) is 47.1. The maximum atomic E-state index is 12.9. The second kappa shape index (κ2) is 9.50. The normalized spacial score (nSPS) is 17.7. The Morgan fingerprint density at radius 2 is 1.67 bits per heavy atom. The Balaban J connectivity index is 1.47. The first kappa shape index (κ1) is 25.6. The lowest BCUT2D eigenvalue weighted by atomic mass is 10.2. The van der Waals surface area contributed by atoms with Gasteiger partial charge in [-0.25, -0.2) is 18.1 Å². The molecule has 4 rings (SSSR count). The first-order chi connectivity index (χ1) is 16.9. The van der Waals surface area contributed by atoms with Crippen molar-refractivity contribution in [1.29, 1.82) is 0 Å². The van der Waals surface area contributed by atoms with Crippen molar-refractivity contribution in [3.05, 3.63) is 53.9 Å². The lowest BCUT2D eigenvalue weighted by molar-refractivity contribution is -0.116. The van der Waals surface area contributed by atoms with E-state index in [9.17, 15) is 36.0 Å². The molecule has 2 aromatic rings. The van der Waals surface area contributed by atoms with E-state index in [-0.39, 0.29) is 30.4 Å². The highest BCUT2D eigenvalue weighted by Gasteiger charge is 2.47. The van der Waals surface area contributed by atoms with Gasteiger partial charge in [0.05, 0.1) is 10.6 Å². The minimum absolute atomic E-state index is 0.00680. The standard InChI is InChI=1S/C22H22F3N5O5S/c1-27-8-10-28(11-9-27)20(32)18-12-15(6-7-26-18)13-29-14-19(31)30(21(29)33)16-2-4-17(5-3-16)36(34,35)22(23,24)25/h2-7,12H,8-11,13-14H2,1H3. The van der Waals surface area contributed by atoms with Gasteiger partial charge in [-0.1, -0.05) is 0 Å². The van der Waals surface area contributed by atoms with Gasteiger partial charge in [0.25, 0.3) is 21.7 Å². The van der Waals surface area contributed by atoms with Gasteiger partial charge in [-0.05, 0) is 49.0 Å². The fourth-order valence-electron chi connectivity index (χ4n) is 3.92. The van der Waals surface area contributed by atoms with Crippen LogP contribution in [0.2, 0.25) is 0 Å². The number of amides is 4. The largest absolute Gasteiger partial charge is 0.501 e. The Morgan fingerprint density at radius 3 is 2.28 bits per heavy atom.